The topological polar surface area (TPSA) is 17.1 Å². The molecule has 0 amide bonds. The van der Waals surface area contributed by atoms with Gasteiger partial charge in [0.25, 0.3) is 0 Å². The summed E-state index contributed by atoms with van der Waals surface area (Å²) in [5.41, 5.74) is -2.37. The van der Waals surface area contributed by atoms with Gasteiger partial charge in [-0.25, -0.2) is 4.39 Å². The van der Waals surface area contributed by atoms with Crippen molar-refractivity contribution in [3.8, 4) is 0 Å². The number of benzene rings is 1. The van der Waals surface area contributed by atoms with Gasteiger partial charge >= 0.3 is 53.6 Å². The zero-order valence-electron chi connectivity index (χ0n) is 23.9. The first kappa shape index (κ1) is 41.7. The van der Waals surface area contributed by atoms with E-state index in [0.717, 1.165) is 25.0 Å². The predicted octanol–water partition coefficient (Wildman–Crippen LogP) is 10.7. The number of alkyl halides is 19. The van der Waals surface area contributed by atoms with Gasteiger partial charge in [-0.3, -0.25) is 4.79 Å². The van der Waals surface area contributed by atoms with Gasteiger partial charge in [-0.05, 0) is 50.2 Å². The largest absolute Gasteiger partial charge is 0.460 e. The summed E-state index contributed by atoms with van der Waals surface area (Å²) in [6.45, 7) is 1.86. The molecule has 0 aliphatic heterocycles. The van der Waals surface area contributed by atoms with Crippen LogP contribution in [0.4, 0.5) is 87.8 Å². The van der Waals surface area contributed by atoms with Crippen LogP contribution >= 0.6 is 0 Å². The maximum Gasteiger partial charge on any atom is 0.460 e. The van der Waals surface area contributed by atoms with E-state index in [2.05, 4.69) is 0 Å². The normalized spacial score (nSPS) is 21.4. The summed E-state index contributed by atoms with van der Waals surface area (Å²) in [5.74, 6) is -71.6. The molecule has 0 saturated heterocycles. The number of rotatable bonds is 14. The summed E-state index contributed by atoms with van der Waals surface area (Å²) in [6, 6.07) is 3.24. The number of hydrogen-bond donors (Lipinski definition) is 0. The average molecular weight is 743 g/mol. The fraction of sp³-hybridized carbons (Fsp3) is 0.741. The Bertz CT molecular complexity index is 1290. The minimum atomic E-state index is -8.99. The Kier molecular flexibility index (Phi) is 11.0. The highest BCUT2D eigenvalue weighted by atomic mass is 19.4. The molecule has 0 spiro atoms. The second kappa shape index (κ2) is 12.7. The monoisotopic (exact) mass is 743 g/mol. The van der Waals surface area contributed by atoms with Crippen LogP contribution in [0.1, 0.15) is 63.0 Å². The van der Waals surface area contributed by atoms with Crippen LogP contribution in [-0.4, -0.2) is 59.8 Å². The second-order valence-electron chi connectivity index (χ2n) is 11.4. The molecule has 48 heavy (non-hydrogen) atoms. The van der Waals surface area contributed by atoms with E-state index < -0.39 is 102 Å². The van der Waals surface area contributed by atoms with E-state index in [1.165, 1.54) is 12.4 Å². The van der Waals surface area contributed by atoms with Gasteiger partial charge in [0, 0.05) is 11.5 Å². The van der Waals surface area contributed by atoms with Gasteiger partial charge in [-0.1, -0.05) is 31.9 Å². The van der Waals surface area contributed by atoms with Crippen LogP contribution in [0, 0.1) is 11.7 Å². The quantitative estimate of drug-likeness (QED) is 0.137. The summed E-state index contributed by atoms with van der Waals surface area (Å²) < 4.78 is 275. The average Bonchev–Trinajstić information content (AvgIpc) is 2.96. The maximum absolute atomic E-state index is 14.9. The number of unbranched alkanes of at least 4 members (excludes halogenated alkanes) is 2. The van der Waals surface area contributed by atoms with E-state index in [0.29, 0.717) is 18.4 Å². The van der Waals surface area contributed by atoms with Crippen molar-refractivity contribution >= 4 is 6.29 Å². The lowest BCUT2D eigenvalue weighted by atomic mass is 9.65. The molecule has 0 atom stereocenters. The Morgan fingerprint density at radius 2 is 1.06 bits per heavy atom. The van der Waals surface area contributed by atoms with E-state index >= 15 is 0 Å². The van der Waals surface area contributed by atoms with Crippen molar-refractivity contribution in [2.45, 2.75) is 117 Å². The van der Waals surface area contributed by atoms with Crippen LogP contribution in [0.25, 0.3) is 0 Å². The van der Waals surface area contributed by atoms with Crippen LogP contribution in [0.15, 0.2) is 18.2 Å². The minimum absolute atomic E-state index is 0.346. The summed E-state index contributed by atoms with van der Waals surface area (Å²) in [4.78, 5) is 11.8. The van der Waals surface area contributed by atoms with E-state index in [9.17, 15) is 92.6 Å². The third kappa shape index (κ3) is 5.99. The molecule has 1 saturated carbocycles. The van der Waals surface area contributed by atoms with Gasteiger partial charge in [-0.2, -0.15) is 83.4 Å². The molecule has 1 radical (unpaired) electrons. The Balaban J connectivity index is 2.46. The smallest absolute Gasteiger partial charge is 0.290 e. The Morgan fingerprint density at radius 3 is 1.44 bits per heavy atom. The first-order valence-corrected chi connectivity index (χ1v) is 13.6. The lowest BCUT2D eigenvalue weighted by Gasteiger charge is -2.46. The SMILES string of the molecule is CCCCCc1ccc([C@]2([C]=O)CC[C@H](C(F)(F)C(F)(F)C(F)(F)C(F)(F)C(F)(F)C(F)(F)C(F)(F)C(F)(F)C(F)(F)F)CC2)c(F)c1. The highest BCUT2D eigenvalue weighted by Gasteiger charge is 2.96. The van der Waals surface area contributed by atoms with Gasteiger partial charge < -0.3 is 0 Å². The summed E-state index contributed by atoms with van der Waals surface area (Å²) in [7, 11) is 0. The third-order valence-electron chi connectivity index (χ3n) is 8.31. The highest BCUT2D eigenvalue weighted by molar-refractivity contribution is 5.70. The van der Waals surface area contributed by atoms with Crippen LogP contribution in [-0.2, 0) is 16.6 Å². The van der Waals surface area contributed by atoms with Crippen LogP contribution in [0.2, 0.25) is 0 Å². The molecule has 0 heterocycles. The standard InChI is InChI=1S/C27H23F20O/c1-2-3-4-5-14-6-7-16(17(28)12-14)18(13-48)10-8-15(9-11-18)19(29,30)20(31,32)21(33,34)22(35,36)23(37,38)24(39,40)25(41,42)26(43,44)27(45,46)47/h6-7,12,15H,2-5,8-11H2,1H3/t15-,18+. The lowest BCUT2D eigenvalue weighted by Crippen LogP contribution is -2.76. The fourth-order valence-electron chi connectivity index (χ4n) is 5.21. The lowest BCUT2D eigenvalue weighted by molar-refractivity contribution is -0.470. The first-order valence-electron chi connectivity index (χ1n) is 13.6. The van der Waals surface area contributed by atoms with Crippen molar-refractivity contribution in [3.63, 3.8) is 0 Å². The molecule has 0 unspecified atom stereocenters. The van der Waals surface area contributed by atoms with Crippen molar-refractivity contribution in [1.82, 2.24) is 0 Å². The van der Waals surface area contributed by atoms with Gasteiger partial charge in [0.15, 0.2) is 0 Å². The third-order valence-corrected chi connectivity index (χ3v) is 8.31. The summed E-state index contributed by atoms with van der Waals surface area (Å²) in [6.07, 6.45) is -9.64. The zero-order valence-corrected chi connectivity index (χ0v) is 23.9. The van der Waals surface area contributed by atoms with E-state index in [4.69, 9.17) is 0 Å². The van der Waals surface area contributed by atoms with Gasteiger partial charge in [0.2, 0.25) is 6.29 Å². The molecule has 1 nitrogen and oxygen atoms in total. The van der Waals surface area contributed by atoms with Crippen LogP contribution < -0.4 is 0 Å². The molecule has 1 aliphatic carbocycles. The molecule has 1 aromatic carbocycles. The van der Waals surface area contributed by atoms with Gasteiger partial charge in [0.05, 0.1) is 5.41 Å². The summed E-state index contributed by atoms with van der Waals surface area (Å²) >= 11 is 0. The van der Waals surface area contributed by atoms with Crippen LogP contribution in [0.5, 0.6) is 0 Å². The molecule has 0 bridgehead atoms. The number of hydrogen-bond acceptors (Lipinski definition) is 1. The molecule has 277 valence electrons. The molecule has 2 rings (SSSR count). The van der Waals surface area contributed by atoms with Crippen molar-refractivity contribution in [2.24, 2.45) is 5.92 Å². The van der Waals surface area contributed by atoms with E-state index in [-0.39, 0.29) is 0 Å². The number of halogens is 20. The number of aryl methyl sites for hydroxylation is 1. The van der Waals surface area contributed by atoms with Crippen molar-refractivity contribution < 1.29 is 92.6 Å². The van der Waals surface area contributed by atoms with Gasteiger partial charge in [0.1, 0.15) is 5.82 Å². The molecule has 0 aromatic heterocycles. The maximum atomic E-state index is 14.9. The zero-order chi connectivity index (χ0) is 37.8. The molecule has 21 heteroatoms. The van der Waals surface area contributed by atoms with Crippen LogP contribution in [0.3, 0.4) is 0 Å². The van der Waals surface area contributed by atoms with Crippen molar-refractivity contribution in [2.75, 3.05) is 0 Å². The number of carbonyl (C=O) groups excluding carboxylic acids is 1. The molecule has 1 fully saturated rings. The molecule has 0 N–H and O–H groups in total. The predicted molar refractivity (Wildman–Crippen MR) is 125 cm³/mol. The Morgan fingerprint density at radius 1 is 0.646 bits per heavy atom. The molecule has 1 aromatic rings. The summed E-state index contributed by atoms with van der Waals surface area (Å²) in [5, 5.41) is 0. The van der Waals surface area contributed by atoms with Gasteiger partial charge in [-0.15, -0.1) is 0 Å². The second-order valence-corrected chi connectivity index (χ2v) is 11.4. The Hall–Kier alpha value is -2.51. The molecular weight excluding hydrogens is 720 g/mol. The van der Waals surface area contributed by atoms with E-state index in [1.807, 2.05) is 6.92 Å². The minimum Gasteiger partial charge on any atom is -0.290 e. The Labute approximate surface area is 258 Å². The van der Waals surface area contributed by atoms with Crippen molar-refractivity contribution in [3.05, 3.63) is 35.1 Å². The molecular formula is C27H23F20O. The molecule has 1 aliphatic rings. The van der Waals surface area contributed by atoms with E-state index in [1.54, 1.807) is 0 Å². The fourth-order valence-corrected chi connectivity index (χ4v) is 5.21. The highest BCUT2D eigenvalue weighted by Crippen LogP contribution is 2.66. The first-order chi connectivity index (χ1) is 21.3. The van der Waals surface area contributed by atoms with Crippen molar-refractivity contribution in [1.29, 1.82) is 0 Å².